The molecule has 152 valence electrons. The largest absolute Gasteiger partial charge is 0.497 e. The van der Waals surface area contributed by atoms with Gasteiger partial charge >= 0.3 is 0 Å². The molecular weight excluding hydrogens is 415 g/mol. The Morgan fingerprint density at radius 1 is 0.900 bits per heavy atom. The number of nitrogens with zero attached hydrogens (tertiary/aromatic N) is 2. The number of aliphatic imine (C=N–C) groups is 1. The first-order valence-corrected chi connectivity index (χ1v) is 10.5. The minimum atomic E-state index is 0.547. The van der Waals surface area contributed by atoms with E-state index in [1.807, 2.05) is 36.4 Å². The number of rotatable bonds is 4. The summed E-state index contributed by atoms with van der Waals surface area (Å²) in [5.41, 5.74) is 6.55. The van der Waals surface area contributed by atoms with Crippen molar-refractivity contribution in [2.45, 2.75) is 0 Å². The maximum Gasteiger partial charge on any atom is 0.118 e. The van der Waals surface area contributed by atoms with Gasteiger partial charge in [0.05, 0.1) is 29.4 Å². The van der Waals surface area contributed by atoms with Gasteiger partial charge in [-0.3, -0.25) is 4.99 Å². The van der Waals surface area contributed by atoms with Crippen molar-refractivity contribution in [1.29, 1.82) is 0 Å². The van der Waals surface area contributed by atoms with Crippen molar-refractivity contribution in [1.82, 2.24) is 0 Å². The first-order valence-electron chi connectivity index (χ1n) is 9.73. The number of fused-ring (bicyclic) bond motifs is 1. The lowest BCUT2D eigenvalue weighted by molar-refractivity contribution is 0.415. The van der Waals surface area contributed by atoms with Gasteiger partial charge in [-0.25, -0.2) is 0 Å². The Hall–Kier alpha value is -2.75. The van der Waals surface area contributed by atoms with Crippen molar-refractivity contribution in [2.75, 3.05) is 32.1 Å². The SMILES string of the molecule is COc1ccc(-c2ccc3c(c2)N(C)CCN=C3/C=C/c2ccc(Cl)c(Cl)c2)cc1. The Morgan fingerprint density at radius 3 is 2.40 bits per heavy atom. The maximum atomic E-state index is 6.15. The number of hydrogen-bond acceptors (Lipinski definition) is 3. The minimum Gasteiger partial charge on any atom is -0.497 e. The molecule has 0 amide bonds. The van der Waals surface area contributed by atoms with Crippen molar-refractivity contribution in [3.8, 4) is 16.9 Å². The van der Waals surface area contributed by atoms with Crippen LogP contribution in [0.5, 0.6) is 5.75 Å². The zero-order valence-electron chi connectivity index (χ0n) is 16.9. The van der Waals surface area contributed by atoms with E-state index in [4.69, 9.17) is 32.9 Å². The molecule has 4 rings (SSSR count). The normalized spacial score (nSPS) is 13.7. The van der Waals surface area contributed by atoms with Crippen LogP contribution in [0.1, 0.15) is 11.1 Å². The molecule has 3 nitrogen and oxygen atoms in total. The molecule has 0 unspecified atom stereocenters. The second-order valence-corrected chi connectivity index (χ2v) is 7.97. The monoisotopic (exact) mass is 436 g/mol. The summed E-state index contributed by atoms with van der Waals surface area (Å²) in [7, 11) is 3.79. The Bertz CT molecular complexity index is 1120. The number of methoxy groups -OCH3 is 1. The van der Waals surface area contributed by atoms with E-state index < -0.39 is 0 Å². The minimum absolute atomic E-state index is 0.547. The lowest BCUT2D eigenvalue weighted by Gasteiger charge is -2.20. The fraction of sp³-hybridized carbons (Fsp3) is 0.160. The third kappa shape index (κ3) is 4.38. The van der Waals surface area contributed by atoms with E-state index in [0.29, 0.717) is 10.0 Å². The molecule has 0 atom stereocenters. The van der Waals surface area contributed by atoms with Crippen LogP contribution in [-0.2, 0) is 0 Å². The van der Waals surface area contributed by atoms with Crippen LogP contribution < -0.4 is 9.64 Å². The van der Waals surface area contributed by atoms with Crippen LogP contribution in [0, 0.1) is 0 Å². The quantitative estimate of drug-likeness (QED) is 0.458. The molecule has 1 aliphatic heterocycles. The molecule has 1 heterocycles. The second kappa shape index (κ2) is 8.95. The van der Waals surface area contributed by atoms with Crippen molar-refractivity contribution in [3.05, 3.63) is 87.9 Å². The zero-order valence-corrected chi connectivity index (χ0v) is 18.4. The maximum absolute atomic E-state index is 6.15. The molecule has 0 fully saturated rings. The molecule has 0 aromatic heterocycles. The summed E-state index contributed by atoms with van der Waals surface area (Å²) in [5.74, 6) is 0.854. The average molecular weight is 437 g/mol. The highest BCUT2D eigenvalue weighted by atomic mass is 35.5. The van der Waals surface area contributed by atoms with Gasteiger partial charge in [0.25, 0.3) is 0 Å². The first-order chi connectivity index (χ1) is 14.5. The molecule has 1 aliphatic rings. The molecule has 30 heavy (non-hydrogen) atoms. The van der Waals surface area contributed by atoms with Gasteiger partial charge in [-0.1, -0.05) is 59.6 Å². The highest BCUT2D eigenvalue weighted by Gasteiger charge is 2.16. The van der Waals surface area contributed by atoms with Crippen LogP contribution in [-0.4, -0.2) is 33.0 Å². The summed E-state index contributed by atoms with van der Waals surface area (Å²) in [6, 6.07) is 20.3. The van der Waals surface area contributed by atoms with Gasteiger partial charge in [-0.2, -0.15) is 0 Å². The lowest BCUT2D eigenvalue weighted by atomic mass is 9.99. The van der Waals surface area contributed by atoms with Gasteiger partial charge in [0.15, 0.2) is 0 Å². The van der Waals surface area contributed by atoms with Crippen molar-refractivity contribution >= 4 is 40.7 Å². The Morgan fingerprint density at radius 2 is 1.67 bits per heavy atom. The van der Waals surface area contributed by atoms with E-state index in [1.165, 1.54) is 5.69 Å². The number of ether oxygens (including phenoxy) is 1. The Kier molecular flexibility index (Phi) is 6.12. The second-order valence-electron chi connectivity index (χ2n) is 7.16. The van der Waals surface area contributed by atoms with E-state index >= 15 is 0 Å². The number of hydrogen-bond donors (Lipinski definition) is 0. The summed E-state index contributed by atoms with van der Waals surface area (Å²) >= 11 is 12.2. The molecule has 0 saturated carbocycles. The summed E-state index contributed by atoms with van der Waals surface area (Å²) in [6.45, 7) is 1.60. The number of allylic oxidation sites excluding steroid dienone is 1. The van der Waals surface area contributed by atoms with Gasteiger partial charge in [0.1, 0.15) is 5.75 Å². The predicted octanol–water partition coefficient (Wildman–Crippen LogP) is 6.62. The van der Waals surface area contributed by atoms with Crippen LogP contribution in [0.4, 0.5) is 5.69 Å². The van der Waals surface area contributed by atoms with Gasteiger partial charge in [-0.15, -0.1) is 0 Å². The number of likely N-dealkylation sites (N-methyl/N-ethyl adjacent to an activating group) is 1. The summed E-state index contributed by atoms with van der Waals surface area (Å²) < 4.78 is 5.27. The number of benzodiazepines with no additional fused rings is 1. The molecular formula is C25H22Cl2N2O. The van der Waals surface area contributed by atoms with E-state index in [1.54, 1.807) is 13.2 Å². The Labute approximate surface area is 187 Å². The molecule has 3 aromatic carbocycles. The van der Waals surface area contributed by atoms with E-state index in [-0.39, 0.29) is 0 Å². The van der Waals surface area contributed by atoms with Crippen molar-refractivity contribution in [3.63, 3.8) is 0 Å². The van der Waals surface area contributed by atoms with Gasteiger partial charge in [0, 0.05) is 24.8 Å². The number of anilines is 1. The van der Waals surface area contributed by atoms with E-state index in [9.17, 15) is 0 Å². The fourth-order valence-corrected chi connectivity index (χ4v) is 3.79. The average Bonchev–Trinajstić information content (AvgIpc) is 2.93. The van der Waals surface area contributed by atoms with Gasteiger partial charge < -0.3 is 9.64 Å². The van der Waals surface area contributed by atoms with Crippen molar-refractivity contribution in [2.24, 2.45) is 4.99 Å². The zero-order chi connectivity index (χ0) is 21.1. The predicted molar refractivity (Wildman–Crippen MR) is 129 cm³/mol. The van der Waals surface area contributed by atoms with Crippen molar-refractivity contribution < 1.29 is 4.74 Å². The third-order valence-electron chi connectivity index (χ3n) is 5.20. The lowest BCUT2D eigenvalue weighted by Crippen LogP contribution is -2.20. The molecule has 0 spiro atoms. The van der Waals surface area contributed by atoms with Crippen LogP contribution in [0.15, 0.2) is 71.7 Å². The molecule has 0 aliphatic carbocycles. The third-order valence-corrected chi connectivity index (χ3v) is 5.94. The molecule has 0 radical (unpaired) electrons. The van der Waals surface area contributed by atoms with E-state index in [2.05, 4.69) is 42.3 Å². The summed E-state index contributed by atoms with van der Waals surface area (Å²) in [4.78, 5) is 7.06. The summed E-state index contributed by atoms with van der Waals surface area (Å²) in [5, 5.41) is 1.10. The molecule has 3 aromatic rings. The standard InChI is InChI=1S/C25H22Cl2N2O/c1-29-14-13-28-24(12-4-17-3-11-22(26)23(27)15-17)21-10-7-19(16-25(21)29)18-5-8-20(30-2)9-6-18/h3-12,15-16H,13-14H2,1-2H3/b12-4+. The van der Waals surface area contributed by atoms with Crippen LogP contribution in [0.2, 0.25) is 10.0 Å². The molecule has 0 N–H and O–H groups in total. The first kappa shape index (κ1) is 20.5. The van der Waals surface area contributed by atoms with Gasteiger partial charge in [-0.05, 0) is 53.1 Å². The van der Waals surface area contributed by atoms with Crippen LogP contribution in [0.3, 0.4) is 0 Å². The smallest absolute Gasteiger partial charge is 0.118 e. The Balaban J connectivity index is 1.68. The molecule has 0 saturated heterocycles. The topological polar surface area (TPSA) is 24.8 Å². The summed E-state index contributed by atoms with van der Waals surface area (Å²) in [6.07, 6.45) is 4.07. The number of benzene rings is 3. The van der Waals surface area contributed by atoms with E-state index in [0.717, 1.165) is 46.8 Å². The number of halogens is 2. The van der Waals surface area contributed by atoms with Crippen LogP contribution in [0.25, 0.3) is 17.2 Å². The van der Waals surface area contributed by atoms with Gasteiger partial charge in [0.2, 0.25) is 0 Å². The highest BCUT2D eigenvalue weighted by Crippen LogP contribution is 2.31. The molecule has 0 bridgehead atoms. The highest BCUT2D eigenvalue weighted by molar-refractivity contribution is 6.42. The fourth-order valence-electron chi connectivity index (χ4n) is 3.49. The van der Waals surface area contributed by atoms with Crippen LogP contribution >= 0.6 is 23.2 Å². The molecule has 5 heteroatoms.